The lowest BCUT2D eigenvalue weighted by Gasteiger charge is -2.35. The van der Waals surface area contributed by atoms with Crippen LogP contribution < -0.4 is 4.90 Å². The van der Waals surface area contributed by atoms with E-state index in [-0.39, 0.29) is 11.8 Å². The van der Waals surface area contributed by atoms with Gasteiger partial charge in [-0.25, -0.2) is 15.0 Å². The molecule has 0 spiro atoms. The van der Waals surface area contributed by atoms with Gasteiger partial charge in [0, 0.05) is 38.6 Å². The third kappa shape index (κ3) is 3.48. The van der Waals surface area contributed by atoms with Crippen LogP contribution in [0.25, 0.3) is 0 Å². The molecule has 0 unspecified atom stereocenters. The van der Waals surface area contributed by atoms with Crippen LogP contribution in [-0.4, -0.2) is 51.9 Å². The maximum Gasteiger partial charge on any atom is 0.257 e. The fraction of sp³-hybridized carbons (Fsp3) is 0.412. The molecule has 0 saturated carbocycles. The second kappa shape index (κ2) is 7.13. The highest BCUT2D eigenvalue weighted by atomic mass is 35.5. The van der Waals surface area contributed by atoms with Gasteiger partial charge < -0.3 is 9.80 Å². The third-order valence-corrected chi connectivity index (χ3v) is 4.35. The summed E-state index contributed by atoms with van der Waals surface area (Å²) < 4.78 is 0. The van der Waals surface area contributed by atoms with E-state index in [1.165, 1.54) is 6.33 Å². The van der Waals surface area contributed by atoms with Crippen molar-refractivity contribution >= 4 is 23.3 Å². The number of aromatic nitrogens is 3. The van der Waals surface area contributed by atoms with Crippen molar-refractivity contribution in [3.8, 4) is 0 Å². The molecule has 24 heavy (non-hydrogen) atoms. The SMILES string of the molecule is CC(C)c1ncncc1C(=O)N1CCN(c2ccc(Cl)cn2)CC1. The van der Waals surface area contributed by atoms with Crippen molar-refractivity contribution in [3.63, 3.8) is 0 Å². The number of piperazine rings is 1. The first-order valence-corrected chi connectivity index (χ1v) is 8.39. The van der Waals surface area contributed by atoms with E-state index >= 15 is 0 Å². The Bertz CT molecular complexity index is 711. The van der Waals surface area contributed by atoms with Crippen molar-refractivity contribution < 1.29 is 4.79 Å². The minimum absolute atomic E-state index is 0.00279. The number of halogens is 1. The van der Waals surface area contributed by atoms with Crippen LogP contribution in [-0.2, 0) is 0 Å². The van der Waals surface area contributed by atoms with Crippen LogP contribution >= 0.6 is 11.6 Å². The predicted octanol–water partition coefficient (Wildman–Crippen LogP) is 2.61. The lowest BCUT2D eigenvalue weighted by molar-refractivity contribution is 0.0744. The molecule has 1 aliphatic heterocycles. The van der Waals surface area contributed by atoms with Crippen LogP contribution in [0.5, 0.6) is 0 Å². The van der Waals surface area contributed by atoms with Crippen molar-refractivity contribution in [1.82, 2.24) is 19.9 Å². The maximum absolute atomic E-state index is 12.8. The Morgan fingerprint density at radius 1 is 1.12 bits per heavy atom. The summed E-state index contributed by atoms with van der Waals surface area (Å²) in [4.78, 5) is 29.5. The molecule has 0 atom stereocenters. The van der Waals surface area contributed by atoms with Crippen LogP contribution in [0.3, 0.4) is 0 Å². The first-order valence-electron chi connectivity index (χ1n) is 8.02. The standard InChI is InChI=1S/C17H20ClN5O/c1-12(2)16-14(10-19-11-21-16)17(24)23-7-5-22(6-8-23)15-4-3-13(18)9-20-15/h3-4,9-12H,5-8H2,1-2H3. The van der Waals surface area contributed by atoms with E-state index in [4.69, 9.17) is 11.6 Å². The second-order valence-corrected chi connectivity index (χ2v) is 6.53. The molecule has 6 nitrogen and oxygen atoms in total. The molecule has 1 fully saturated rings. The molecular formula is C17H20ClN5O. The number of hydrogen-bond acceptors (Lipinski definition) is 5. The fourth-order valence-corrected chi connectivity index (χ4v) is 2.94. The van der Waals surface area contributed by atoms with Crippen molar-refractivity contribution in [2.75, 3.05) is 31.1 Å². The van der Waals surface area contributed by atoms with Gasteiger partial charge in [0.1, 0.15) is 12.1 Å². The minimum atomic E-state index is 0.00279. The van der Waals surface area contributed by atoms with Crippen LogP contribution in [0, 0.1) is 0 Å². The summed E-state index contributed by atoms with van der Waals surface area (Å²) in [5.74, 6) is 1.08. The van der Waals surface area contributed by atoms with Crippen molar-refractivity contribution in [1.29, 1.82) is 0 Å². The number of carbonyl (C=O) groups is 1. The Morgan fingerprint density at radius 2 is 1.88 bits per heavy atom. The number of pyridine rings is 1. The Balaban J connectivity index is 1.68. The van der Waals surface area contributed by atoms with Crippen LogP contribution in [0.2, 0.25) is 5.02 Å². The molecule has 0 N–H and O–H groups in total. The fourth-order valence-electron chi connectivity index (χ4n) is 2.83. The van der Waals surface area contributed by atoms with Gasteiger partial charge in [0.25, 0.3) is 5.91 Å². The van der Waals surface area contributed by atoms with Gasteiger partial charge in [-0.1, -0.05) is 25.4 Å². The van der Waals surface area contributed by atoms with Crippen LogP contribution in [0.15, 0.2) is 30.9 Å². The average molecular weight is 346 g/mol. The van der Waals surface area contributed by atoms with Crippen LogP contribution in [0.1, 0.15) is 35.8 Å². The summed E-state index contributed by atoms with van der Waals surface area (Å²) in [6.45, 7) is 6.84. The molecule has 1 amide bonds. The van der Waals surface area contributed by atoms with Crippen LogP contribution in [0.4, 0.5) is 5.82 Å². The summed E-state index contributed by atoms with van der Waals surface area (Å²) >= 11 is 5.88. The summed E-state index contributed by atoms with van der Waals surface area (Å²) in [5, 5.41) is 0.623. The number of nitrogens with zero attached hydrogens (tertiary/aromatic N) is 5. The highest BCUT2D eigenvalue weighted by molar-refractivity contribution is 6.30. The van der Waals surface area contributed by atoms with Gasteiger partial charge in [-0.3, -0.25) is 4.79 Å². The van der Waals surface area contributed by atoms with E-state index in [1.54, 1.807) is 12.4 Å². The van der Waals surface area contributed by atoms with Gasteiger partial charge in [0.15, 0.2) is 0 Å². The molecule has 0 radical (unpaired) electrons. The molecule has 3 heterocycles. The number of anilines is 1. The van der Waals surface area contributed by atoms with E-state index in [1.807, 2.05) is 30.9 Å². The molecule has 1 saturated heterocycles. The zero-order valence-corrected chi connectivity index (χ0v) is 14.6. The molecule has 0 aromatic carbocycles. The van der Waals surface area contributed by atoms with E-state index in [2.05, 4.69) is 19.9 Å². The predicted molar refractivity (Wildman–Crippen MR) is 93.5 cm³/mol. The van der Waals surface area contributed by atoms with Crippen molar-refractivity contribution in [2.45, 2.75) is 19.8 Å². The zero-order valence-electron chi connectivity index (χ0n) is 13.8. The minimum Gasteiger partial charge on any atom is -0.353 e. The average Bonchev–Trinajstić information content (AvgIpc) is 2.62. The van der Waals surface area contributed by atoms with E-state index < -0.39 is 0 Å². The molecule has 7 heteroatoms. The molecule has 3 rings (SSSR count). The van der Waals surface area contributed by atoms with Gasteiger partial charge in [-0.05, 0) is 18.1 Å². The van der Waals surface area contributed by atoms with E-state index in [0.29, 0.717) is 23.7 Å². The first kappa shape index (κ1) is 16.6. The highest BCUT2D eigenvalue weighted by Crippen LogP contribution is 2.20. The summed E-state index contributed by atoms with van der Waals surface area (Å²) in [7, 11) is 0. The maximum atomic E-state index is 12.8. The van der Waals surface area contributed by atoms with Gasteiger partial charge in [0.05, 0.1) is 16.3 Å². The van der Waals surface area contributed by atoms with Gasteiger partial charge in [0.2, 0.25) is 0 Å². The Hall–Kier alpha value is -2.21. The largest absolute Gasteiger partial charge is 0.353 e. The van der Waals surface area contributed by atoms with E-state index in [0.717, 1.165) is 24.6 Å². The van der Waals surface area contributed by atoms with Gasteiger partial charge >= 0.3 is 0 Å². The molecule has 0 bridgehead atoms. The topological polar surface area (TPSA) is 62.2 Å². The second-order valence-electron chi connectivity index (χ2n) is 6.09. The van der Waals surface area contributed by atoms with E-state index in [9.17, 15) is 4.79 Å². The number of carbonyl (C=O) groups excluding carboxylic acids is 1. The zero-order chi connectivity index (χ0) is 17.1. The monoisotopic (exact) mass is 345 g/mol. The quantitative estimate of drug-likeness (QED) is 0.855. The lowest BCUT2D eigenvalue weighted by Crippen LogP contribution is -2.49. The molecule has 2 aromatic rings. The molecular weight excluding hydrogens is 326 g/mol. The van der Waals surface area contributed by atoms with Gasteiger partial charge in [-0.15, -0.1) is 0 Å². The summed E-state index contributed by atoms with van der Waals surface area (Å²) in [5.41, 5.74) is 1.40. The number of hydrogen-bond donors (Lipinski definition) is 0. The molecule has 0 aliphatic carbocycles. The highest BCUT2D eigenvalue weighted by Gasteiger charge is 2.25. The lowest BCUT2D eigenvalue weighted by atomic mass is 10.0. The molecule has 126 valence electrons. The first-order chi connectivity index (χ1) is 11.6. The number of rotatable bonds is 3. The number of amides is 1. The van der Waals surface area contributed by atoms with Crippen molar-refractivity contribution in [3.05, 3.63) is 47.1 Å². The summed E-state index contributed by atoms with van der Waals surface area (Å²) in [6.07, 6.45) is 4.76. The smallest absolute Gasteiger partial charge is 0.257 e. The Morgan fingerprint density at radius 3 is 2.50 bits per heavy atom. The van der Waals surface area contributed by atoms with Crippen molar-refractivity contribution in [2.24, 2.45) is 0 Å². The normalized spacial score (nSPS) is 15.0. The molecule has 2 aromatic heterocycles. The van der Waals surface area contributed by atoms with Gasteiger partial charge in [-0.2, -0.15) is 0 Å². The third-order valence-electron chi connectivity index (χ3n) is 4.12. The Kier molecular flexibility index (Phi) is 4.94. The molecule has 1 aliphatic rings. The summed E-state index contributed by atoms with van der Waals surface area (Å²) in [6, 6.07) is 3.74. The Labute approximate surface area is 146 Å².